The summed E-state index contributed by atoms with van der Waals surface area (Å²) in [6, 6.07) is 8.52. The highest BCUT2D eigenvalue weighted by molar-refractivity contribution is 5.63. The molecule has 0 amide bonds. The van der Waals surface area contributed by atoms with E-state index < -0.39 is 17.4 Å². The van der Waals surface area contributed by atoms with E-state index in [0.717, 1.165) is 24.0 Å². The fourth-order valence-electron chi connectivity index (χ4n) is 4.41. The minimum absolute atomic E-state index is 0.106. The number of aromatic nitrogens is 1. The molecule has 0 atom stereocenters. The van der Waals surface area contributed by atoms with Gasteiger partial charge >= 0.3 is 6.18 Å². The van der Waals surface area contributed by atoms with Crippen LogP contribution in [0.15, 0.2) is 42.7 Å². The molecule has 1 aromatic heterocycles. The predicted octanol–water partition coefficient (Wildman–Crippen LogP) is 5.71. The molecule has 2 heterocycles. The first kappa shape index (κ1) is 21.1. The van der Waals surface area contributed by atoms with Crippen LogP contribution in [-0.2, 0) is 0 Å². The average Bonchev–Trinajstić information content (AvgIpc) is 2.70. The second kappa shape index (κ2) is 8.53. The Labute approximate surface area is 174 Å². The lowest BCUT2D eigenvalue weighted by Crippen LogP contribution is -2.53. The molecule has 1 aliphatic heterocycles. The molecule has 2 fully saturated rings. The summed E-state index contributed by atoms with van der Waals surface area (Å²) in [6.07, 6.45) is 1.90. The fourth-order valence-corrected chi connectivity index (χ4v) is 4.41. The van der Waals surface area contributed by atoms with E-state index in [2.05, 4.69) is 4.98 Å². The first-order chi connectivity index (χ1) is 14.4. The number of alkyl halides is 3. The SMILES string of the molecule is Fc1cc(-c2cccnc2)ccc1OCC1CCN(CC2(C(F)(F)F)CCC2)CC1. The zero-order chi connectivity index (χ0) is 21.2. The van der Waals surface area contributed by atoms with Gasteiger partial charge in [0, 0.05) is 24.5 Å². The number of benzene rings is 1. The molecule has 3 nitrogen and oxygen atoms in total. The molecular weight excluding hydrogens is 396 g/mol. The van der Waals surface area contributed by atoms with Crippen molar-refractivity contribution >= 4 is 0 Å². The van der Waals surface area contributed by atoms with Gasteiger partial charge in [0.2, 0.25) is 0 Å². The van der Waals surface area contributed by atoms with Crippen LogP contribution in [0.3, 0.4) is 0 Å². The largest absolute Gasteiger partial charge is 0.490 e. The molecule has 2 aliphatic rings. The normalized spacial score (nSPS) is 20.0. The van der Waals surface area contributed by atoms with Crippen LogP contribution in [0.5, 0.6) is 5.75 Å². The van der Waals surface area contributed by atoms with Crippen LogP contribution < -0.4 is 4.74 Å². The average molecular weight is 422 g/mol. The number of ether oxygens (including phenoxy) is 1. The molecule has 4 rings (SSSR count). The number of hydrogen-bond acceptors (Lipinski definition) is 3. The van der Waals surface area contributed by atoms with E-state index in [1.807, 2.05) is 11.0 Å². The van der Waals surface area contributed by atoms with Crippen molar-refractivity contribution in [2.24, 2.45) is 11.3 Å². The summed E-state index contributed by atoms with van der Waals surface area (Å²) in [5.41, 5.74) is 0.0596. The van der Waals surface area contributed by atoms with Gasteiger partial charge < -0.3 is 9.64 Å². The summed E-state index contributed by atoms with van der Waals surface area (Å²) in [5, 5.41) is 0. The first-order valence-corrected chi connectivity index (χ1v) is 10.5. The van der Waals surface area contributed by atoms with Crippen LogP contribution in [0.25, 0.3) is 11.1 Å². The van der Waals surface area contributed by atoms with Gasteiger partial charge in [-0.1, -0.05) is 18.6 Å². The van der Waals surface area contributed by atoms with Gasteiger partial charge in [-0.05, 0) is 68.5 Å². The number of pyridine rings is 1. The van der Waals surface area contributed by atoms with Crippen molar-refractivity contribution in [3.8, 4) is 16.9 Å². The maximum atomic E-state index is 14.4. The second-order valence-corrected chi connectivity index (χ2v) is 8.55. The Hall–Kier alpha value is -2.15. The maximum Gasteiger partial charge on any atom is 0.395 e. The van der Waals surface area contributed by atoms with Crippen molar-refractivity contribution in [3.63, 3.8) is 0 Å². The van der Waals surface area contributed by atoms with E-state index in [-0.39, 0.29) is 31.1 Å². The van der Waals surface area contributed by atoms with Gasteiger partial charge in [-0.15, -0.1) is 0 Å². The number of likely N-dealkylation sites (tertiary alicyclic amines) is 1. The highest BCUT2D eigenvalue weighted by Crippen LogP contribution is 2.53. The fraction of sp³-hybridized carbons (Fsp3) is 0.522. The van der Waals surface area contributed by atoms with Gasteiger partial charge in [-0.3, -0.25) is 4.98 Å². The number of piperidine rings is 1. The van der Waals surface area contributed by atoms with Crippen molar-refractivity contribution in [3.05, 3.63) is 48.5 Å². The van der Waals surface area contributed by atoms with E-state index in [1.165, 1.54) is 6.07 Å². The van der Waals surface area contributed by atoms with E-state index >= 15 is 0 Å². The molecule has 0 spiro atoms. The summed E-state index contributed by atoms with van der Waals surface area (Å²) >= 11 is 0. The lowest BCUT2D eigenvalue weighted by molar-refractivity contribution is -0.256. The summed E-state index contributed by atoms with van der Waals surface area (Å²) in [6.45, 7) is 1.75. The van der Waals surface area contributed by atoms with Crippen molar-refractivity contribution in [1.82, 2.24) is 9.88 Å². The summed E-state index contributed by atoms with van der Waals surface area (Å²) < 4.78 is 60.3. The smallest absolute Gasteiger partial charge is 0.395 e. The van der Waals surface area contributed by atoms with Crippen molar-refractivity contribution in [1.29, 1.82) is 0 Å². The molecule has 7 heteroatoms. The van der Waals surface area contributed by atoms with Crippen LogP contribution >= 0.6 is 0 Å². The number of nitrogens with zero attached hydrogens (tertiary/aromatic N) is 2. The molecule has 2 aromatic rings. The highest BCUT2D eigenvalue weighted by Gasteiger charge is 2.58. The summed E-state index contributed by atoms with van der Waals surface area (Å²) in [7, 11) is 0. The van der Waals surface area contributed by atoms with Gasteiger partial charge in [0.15, 0.2) is 11.6 Å². The number of halogens is 4. The highest BCUT2D eigenvalue weighted by atomic mass is 19.4. The summed E-state index contributed by atoms with van der Waals surface area (Å²) in [4.78, 5) is 5.98. The molecular formula is C23H26F4N2O. The van der Waals surface area contributed by atoms with Crippen LogP contribution in [-0.4, -0.2) is 42.3 Å². The third-order valence-corrected chi connectivity index (χ3v) is 6.55. The molecule has 0 bridgehead atoms. The lowest BCUT2D eigenvalue weighted by Gasteiger charge is -2.47. The summed E-state index contributed by atoms with van der Waals surface area (Å²) in [5.74, 6) is 0.00308. The van der Waals surface area contributed by atoms with Crippen LogP contribution in [0.2, 0.25) is 0 Å². The molecule has 1 saturated heterocycles. The van der Waals surface area contributed by atoms with Crippen molar-refractivity contribution in [2.75, 3.05) is 26.2 Å². The minimum Gasteiger partial charge on any atom is -0.490 e. The van der Waals surface area contributed by atoms with E-state index in [4.69, 9.17) is 4.74 Å². The number of rotatable bonds is 6. The Bertz CT molecular complexity index is 844. The molecule has 1 aliphatic carbocycles. The molecule has 1 saturated carbocycles. The molecule has 1 aromatic carbocycles. The molecule has 0 N–H and O–H groups in total. The van der Waals surface area contributed by atoms with E-state index in [0.29, 0.717) is 26.1 Å². The molecule has 0 radical (unpaired) electrons. The zero-order valence-corrected chi connectivity index (χ0v) is 16.8. The Morgan fingerprint density at radius 3 is 2.43 bits per heavy atom. The Morgan fingerprint density at radius 1 is 1.10 bits per heavy atom. The van der Waals surface area contributed by atoms with Crippen LogP contribution in [0.1, 0.15) is 32.1 Å². The Morgan fingerprint density at radius 2 is 1.87 bits per heavy atom. The Kier molecular flexibility index (Phi) is 6.00. The quantitative estimate of drug-likeness (QED) is 0.558. The van der Waals surface area contributed by atoms with E-state index in [1.54, 1.807) is 30.6 Å². The molecule has 0 unspecified atom stereocenters. The van der Waals surface area contributed by atoms with E-state index in [9.17, 15) is 17.6 Å². The minimum atomic E-state index is -4.12. The van der Waals surface area contributed by atoms with Crippen molar-refractivity contribution in [2.45, 2.75) is 38.3 Å². The maximum absolute atomic E-state index is 14.4. The third-order valence-electron chi connectivity index (χ3n) is 6.55. The van der Waals surface area contributed by atoms with Gasteiger partial charge in [0.25, 0.3) is 0 Å². The van der Waals surface area contributed by atoms with Crippen molar-refractivity contribution < 1.29 is 22.3 Å². The standard InChI is InChI=1S/C23H26F4N2O/c24-20-13-18(19-3-1-10-28-14-19)4-5-21(20)30-15-17-6-11-29(12-7-17)16-22(8-2-9-22)23(25,26)27/h1,3-5,10,13-14,17H,2,6-9,11-12,15-16H2. The molecule has 162 valence electrons. The second-order valence-electron chi connectivity index (χ2n) is 8.55. The lowest BCUT2D eigenvalue weighted by atomic mass is 9.67. The molecule has 30 heavy (non-hydrogen) atoms. The topological polar surface area (TPSA) is 25.4 Å². The first-order valence-electron chi connectivity index (χ1n) is 10.5. The monoisotopic (exact) mass is 422 g/mol. The number of hydrogen-bond donors (Lipinski definition) is 0. The van der Waals surface area contributed by atoms with Crippen LogP contribution in [0.4, 0.5) is 17.6 Å². The predicted molar refractivity (Wildman–Crippen MR) is 107 cm³/mol. The zero-order valence-electron chi connectivity index (χ0n) is 16.8. The Balaban J connectivity index is 1.27. The van der Waals surface area contributed by atoms with Crippen LogP contribution in [0, 0.1) is 17.2 Å². The van der Waals surface area contributed by atoms with Gasteiger partial charge in [-0.2, -0.15) is 13.2 Å². The third kappa shape index (κ3) is 4.46. The van der Waals surface area contributed by atoms with Gasteiger partial charge in [0.05, 0.1) is 12.0 Å². The van der Waals surface area contributed by atoms with Gasteiger partial charge in [0.1, 0.15) is 0 Å². The van der Waals surface area contributed by atoms with Gasteiger partial charge in [-0.25, -0.2) is 4.39 Å².